The van der Waals surface area contributed by atoms with Crippen LogP contribution in [0, 0.1) is 0 Å². The van der Waals surface area contributed by atoms with Crippen molar-refractivity contribution in [3.8, 4) is 0 Å². The molecular formula is H6O6Se3. The van der Waals surface area contributed by atoms with Crippen LogP contribution in [0.1, 0.15) is 0 Å². The van der Waals surface area contributed by atoms with Crippen LogP contribution in [0.15, 0.2) is 0 Å². The first-order chi connectivity index (χ1) is 3.46. The predicted octanol–water partition coefficient (Wildman–Crippen LogP) is -4.14. The standard InChI is InChI=1S/2H2O3Se.H2Se/c2*1-4(2)3;/h2*(H2,1,2,3);1H2. The van der Waals surface area contributed by atoms with Crippen molar-refractivity contribution in [2.24, 2.45) is 0 Å². The van der Waals surface area contributed by atoms with Crippen molar-refractivity contribution >= 4 is 46.1 Å². The Kier molecular flexibility index (Phi) is 21.6. The van der Waals surface area contributed by atoms with E-state index in [4.69, 9.17) is 24.4 Å². The average Bonchev–Trinajstić information content (AvgIpc) is 1.25. The van der Waals surface area contributed by atoms with Crippen LogP contribution >= 0.6 is 0 Å². The van der Waals surface area contributed by atoms with E-state index in [1.54, 1.807) is 0 Å². The molecule has 0 saturated carbocycles. The molecule has 0 atom stereocenters. The van der Waals surface area contributed by atoms with Crippen molar-refractivity contribution in [3.63, 3.8) is 0 Å². The summed E-state index contributed by atoms with van der Waals surface area (Å²) >= 11 is -6.58. The molecule has 0 bridgehead atoms. The first-order valence-corrected chi connectivity index (χ1v) is 5.53. The van der Waals surface area contributed by atoms with Gasteiger partial charge in [0.05, 0.1) is 0 Å². The Bertz CT molecular complexity index is 66.3. The molecule has 4 N–H and O–H groups in total. The van der Waals surface area contributed by atoms with E-state index in [0.29, 0.717) is 0 Å². The summed E-state index contributed by atoms with van der Waals surface area (Å²) in [6, 6.07) is 0. The van der Waals surface area contributed by atoms with Gasteiger partial charge in [0.15, 0.2) is 0 Å². The van der Waals surface area contributed by atoms with Gasteiger partial charge in [-0.1, -0.05) is 0 Å². The molecule has 0 amide bonds. The molecule has 0 aromatic carbocycles. The molecule has 0 aliphatic carbocycles. The molecule has 6 nitrogen and oxygen atoms in total. The zero-order valence-corrected chi connectivity index (χ0v) is 9.45. The van der Waals surface area contributed by atoms with E-state index in [1.165, 1.54) is 0 Å². The van der Waals surface area contributed by atoms with E-state index in [9.17, 15) is 0 Å². The van der Waals surface area contributed by atoms with Crippen molar-refractivity contribution in [3.05, 3.63) is 0 Å². The monoisotopic (exact) mass is 342 g/mol. The maximum atomic E-state index is 8.76. The van der Waals surface area contributed by atoms with Gasteiger partial charge in [0.25, 0.3) is 0 Å². The van der Waals surface area contributed by atoms with Gasteiger partial charge in [0.1, 0.15) is 0 Å². The normalized spacial score (nSPS) is 7.78. The summed E-state index contributed by atoms with van der Waals surface area (Å²) < 4.78 is 46.2. The number of hydrogen-bond acceptors (Lipinski definition) is 2. The van der Waals surface area contributed by atoms with Crippen molar-refractivity contribution in [1.82, 2.24) is 0 Å². The van der Waals surface area contributed by atoms with Crippen LogP contribution in [0.4, 0.5) is 0 Å². The topological polar surface area (TPSA) is 115 Å². The van der Waals surface area contributed by atoms with E-state index in [-0.39, 0.29) is 17.1 Å². The second kappa shape index (κ2) is 11.8. The molecule has 0 radical (unpaired) electrons. The summed E-state index contributed by atoms with van der Waals surface area (Å²) in [4.78, 5) is 0. The molecule has 0 unspecified atom stereocenters. The molecule has 0 saturated heterocycles. The van der Waals surface area contributed by atoms with Gasteiger partial charge in [-0.3, -0.25) is 0 Å². The molecule has 60 valence electrons. The Hall–Kier alpha value is 0.998. The van der Waals surface area contributed by atoms with Gasteiger partial charge in [-0.05, 0) is 0 Å². The van der Waals surface area contributed by atoms with Crippen LogP contribution in [-0.4, -0.2) is 62.8 Å². The van der Waals surface area contributed by atoms with Gasteiger partial charge in [0.2, 0.25) is 0 Å². The molecule has 9 heavy (non-hydrogen) atoms. The molecular weight excluding hydrogens is 333 g/mol. The molecule has 0 aliphatic heterocycles. The van der Waals surface area contributed by atoms with Crippen molar-refractivity contribution in [2.45, 2.75) is 0 Å². The molecule has 0 aromatic rings. The average molecular weight is 339 g/mol. The van der Waals surface area contributed by atoms with E-state index in [2.05, 4.69) is 0 Å². The summed E-state index contributed by atoms with van der Waals surface area (Å²) in [5.74, 6) is 0. The molecule has 9 heteroatoms. The minimum atomic E-state index is -3.29. The predicted molar refractivity (Wildman–Crippen MR) is 30.3 cm³/mol. The van der Waals surface area contributed by atoms with E-state index in [0.717, 1.165) is 0 Å². The third kappa shape index (κ3) is 442. The molecule has 0 spiro atoms. The third-order valence-corrected chi connectivity index (χ3v) is 0. The zero-order valence-electron chi connectivity index (χ0n) is 3.92. The maximum absolute atomic E-state index is 8.76. The van der Waals surface area contributed by atoms with E-state index < -0.39 is 29.0 Å². The van der Waals surface area contributed by atoms with Gasteiger partial charge >= 0.3 is 70.5 Å². The summed E-state index contributed by atoms with van der Waals surface area (Å²) in [5, 5.41) is 0. The van der Waals surface area contributed by atoms with Gasteiger partial charge in [-0.15, -0.1) is 0 Å². The van der Waals surface area contributed by atoms with Crippen molar-refractivity contribution in [1.29, 1.82) is 0 Å². The fraction of sp³-hybridized carbons (Fsp3) is 0. The van der Waals surface area contributed by atoms with Gasteiger partial charge in [0, 0.05) is 0 Å². The SMILES string of the molecule is O=[Se](O)O.O=[Se](O)O.[SeH2]. The van der Waals surface area contributed by atoms with E-state index in [1.807, 2.05) is 0 Å². The molecule has 0 fully saturated rings. The van der Waals surface area contributed by atoms with Gasteiger partial charge in [-0.25, -0.2) is 0 Å². The van der Waals surface area contributed by atoms with Gasteiger partial charge in [-0.2, -0.15) is 0 Å². The first kappa shape index (κ1) is 16.5. The zero-order chi connectivity index (χ0) is 7.15. The molecule has 0 heterocycles. The minimum absolute atomic E-state index is 0. The first-order valence-electron chi connectivity index (χ1n) is 1.06. The van der Waals surface area contributed by atoms with Crippen LogP contribution in [-0.2, 0) is 7.67 Å². The van der Waals surface area contributed by atoms with Gasteiger partial charge < -0.3 is 0 Å². The number of rotatable bonds is 0. The Morgan fingerprint density at radius 3 is 0.778 bits per heavy atom. The van der Waals surface area contributed by atoms with Crippen LogP contribution in [0.5, 0.6) is 0 Å². The Balaban J connectivity index is -0.0000000720. The Labute approximate surface area is 70.5 Å². The van der Waals surface area contributed by atoms with Crippen LogP contribution in [0.2, 0.25) is 0 Å². The van der Waals surface area contributed by atoms with Crippen LogP contribution in [0.25, 0.3) is 0 Å². The second-order valence-corrected chi connectivity index (χ2v) is 2.40. The van der Waals surface area contributed by atoms with Crippen molar-refractivity contribution in [2.75, 3.05) is 0 Å². The quantitative estimate of drug-likeness (QED) is 0.333. The van der Waals surface area contributed by atoms with Crippen LogP contribution in [0.3, 0.4) is 0 Å². The Morgan fingerprint density at radius 1 is 0.778 bits per heavy atom. The number of hydrogen-bond donors (Lipinski definition) is 4. The molecule has 0 aromatic heterocycles. The third-order valence-electron chi connectivity index (χ3n) is 0. The fourth-order valence-corrected chi connectivity index (χ4v) is 0. The molecule has 0 aliphatic rings. The summed E-state index contributed by atoms with van der Waals surface area (Å²) in [7, 11) is 0. The molecule has 0 rings (SSSR count). The van der Waals surface area contributed by atoms with Crippen molar-refractivity contribution < 1.29 is 24.4 Å². The summed E-state index contributed by atoms with van der Waals surface area (Å²) in [6.45, 7) is 0. The summed E-state index contributed by atoms with van der Waals surface area (Å²) in [5.41, 5.74) is 0. The Morgan fingerprint density at radius 2 is 0.778 bits per heavy atom. The fourth-order valence-electron chi connectivity index (χ4n) is 0. The van der Waals surface area contributed by atoms with Crippen LogP contribution < -0.4 is 0 Å². The van der Waals surface area contributed by atoms with E-state index >= 15 is 0 Å². The summed E-state index contributed by atoms with van der Waals surface area (Å²) in [6.07, 6.45) is 0. The second-order valence-electron chi connectivity index (χ2n) is 0.461.